The van der Waals surface area contributed by atoms with E-state index in [1.807, 2.05) is 12.1 Å². The van der Waals surface area contributed by atoms with Crippen molar-refractivity contribution >= 4 is 23.5 Å². The molecule has 0 spiro atoms. The van der Waals surface area contributed by atoms with E-state index in [1.165, 1.54) is 55.4 Å². The Kier molecular flexibility index (Phi) is 5.53. The molecule has 7 heteroatoms. The molecule has 134 valence electrons. The molecule has 1 aromatic carbocycles. The minimum Gasteiger partial charge on any atom is -0.470 e. The summed E-state index contributed by atoms with van der Waals surface area (Å²) < 4.78 is 27.9. The third kappa shape index (κ3) is 4.33. The maximum atomic E-state index is 12.9. The average molecular weight is 380 g/mol. The van der Waals surface area contributed by atoms with Gasteiger partial charge < -0.3 is 4.74 Å². The number of thioether (sulfide) groups is 1. The number of piperidine rings is 3. The van der Waals surface area contributed by atoms with Gasteiger partial charge in [-0.1, -0.05) is 23.9 Å². The largest absolute Gasteiger partial charge is 0.470 e. The van der Waals surface area contributed by atoms with Gasteiger partial charge in [0, 0.05) is 12.3 Å². The fourth-order valence-corrected chi connectivity index (χ4v) is 5.08. The molecule has 0 amide bonds. The summed E-state index contributed by atoms with van der Waals surface area (Å²) in [6.45, 7) is 3.45. The first-order chi connectivity index (χ1) is 12.3. The first kappa shape index (κ1) is 17.2. The van der Waals surface area contributed by atoms with Gasteiger partial charge >= 0.3 is 0 Å². The maximum Gasteiger partial charge on any atom is 0.260 e. The van der Waals surface area contributed by atoms with Crippen LogP contribution in [0.5, 0.6) is 5.88 Å². The second-order valence-corrected chi connectivity index (χ2v) is 8.36. The molecule has 3 aliphatic heterocycles. The fourth-order valence-electron chi connectivity index (χ4n) is 3.62. The maximum absolute atomic E-state index is 12.9. The zero-order valence-corrected chi connectivity index (χ0v) is 15.7. The Hall–Kier alpha value is -1.18. The quantitative estimate of drug-likeness (QED) is 0.539. The van der Waals surface area contributed by atoms with Gasteiger partial charge in [0.1, 0.15) is 11.9 Å². The molecule has 0 N–H and O–H groups in total. The van der Waals surface area contributed by atoms with Crippen LogP contribution in [0.25, 0.3) is 0 Å². The molecule has 1 aromatic heterocycles. The van der Waals surface area contributed by atoms with Crippen LogP contribution < -0.4 is 4.74 Å². The Balaban J connectivity index is 1.26. The Morgan fingerprint density at radius 1 is 1.20 bits per heavy atom. The van der Waals surface area contributed by atoms with Crippen molar-refractivity contribution in [2.45, 2.75) is 36.8 Å². The molecular weight excluding hydrogens is 357 g/mol. The van der Waals surface area contributed by atoms with Gasteiger partial charge in [-0.15, -0.1) is 4.37 Å². The lowest BCUT2D eigenvalue weighted by molar-refractivity contribution is -0.0110. The number of benzene rings is 1. The third-order valence-corrected chi connectivity index (χ3v) is 6.71. The van der Waals surface area contributed by atoms with Crippen molar-refractivity contribution in [1.29, 1.82) is 0 Å². The number of halogens is 1. The van der Waals surface area contributed by atoms with E-state index in [9.17, 15) is 4.39 Å². The molecule has 2 bridgehead atoms. The second kappa shape index (κ2) is 8.01. The molecule has 4 nitrogen and oxygen atoms in total. The molecule has 25 heavy (non-hydrogen) atoms. The van der Waals surface area contributed by atoms with E-state index in [0.717, 1.165) is 36.0 Å². The van der Waals surface area contributed by atoms with Gasteiger partial charge in [-0.2, -0.15) is 4.37 Å². The molecule has 0 aliphatic carbocycles. The average Bonchev–Trinajstić information content (AvgIpc) is 3.08. The highest BCUT2D eigenvalue weighted by atomic mass is 32.2. The predicted molar refractivity (Wildman–Crippen MR) is 98.9 cm³/mol. The molecule has 2 aromatic rings. The second-order valence-electron chi connectivity index (χ2n) is 6.75. The van der Waals surface area contributed by atoms with Gasteiger partial charge in [-0.3, -0.25) is 4.90 Å². The predicted octanol–water partition coefficient (Wildman–Crippen LogP) is 3.88. The van der Waals surface area contributed by atoms with Crippen molar-refractivity contribution in [3.05, 3.63) is 35.6 Å². The van der Waals surface area contributed by atoms with E-state index in [-0.39, 0.29) is 11.9 Å². The lowest BCUT2D eigenvalue weighted by Crippen LogP contribution is -2.52. The summed E-state index contributed by atoms with van der Waals surface area (Å²) in [7, 11) is 0. The van der Waals surface area contributed by atoms with Gasteiger partial charge in [-0.25, -0.2) is 4.39 Å². The SMILES string of the molecule is Fc1ccc(CCCSc2nsnc2OC2CN3CCC2CC3)cc1. The van der Waals surface area contributed by atoms with E-state index >= 15 is 0 Å². The van der Waals surface area contributed by atoms with Crippen LogP contribution in [0, 0.1) is 11.7 Å². The third-order valence-electron chi connectivity index (χ3n) is 5.05. The Morgan fingerprint density at radius 3 is 2.72 bits per heavy atom. The topological polar surface area (TPSA) is 38.3 Å². The Morgan fingerprint density at radius 2 is 2.00 bits per heavy atom. The number of ether oxygens (including phenoxy) is 1. The standard InChI is InChI=1S/C18H22FN3OS2/c19-15-5-3-13(4-6-15)2-1-11-24-18-17(20-25-21-18)23-16-12-22-9-7-14(16)8-10-22/h3-6,14,16H,1-2,7-12H2. The van der Waals surface area contributed by atoms with Gasteiger partial charge in [0.05, 0.1) is 11.7 Å². The molecular formula is C18H22FN3OS2. The van der Waals surface area contributed by atoms with Crippen molar-refractivity contribution in [3.63, 3.8) is 0 Å². The number of rotatable bonds is 7. The summed E-state index contributed by atoms with van der Waals surface area (Å²) >= 11 is 2.94. The minimum absolute atomic E-state index is 0.179. The van der Waals surface area contributed by atoms with Gasteiger partial charge in [0.15, 0.2) is 5.03 Å². The van der Waals surface area contributed by atoms with Gasteiger partial charge in [0.25, 0.3) is 5.88 Å². The normalized spacial score (nSPS) is 25.2. The molecule has 1 unspecified atom stereocenters. The number of aromatic nitrogens is 2. The first-order valence-corrected chi connectivity index (χ1v) is 10.6. The van der Waals surface area contributed by atoms with Gasteiger partial charge in [-0.05, 0) is 62.4 Å². The molecule has 3 aliphatic rings. The van der Waals surface area contributed by atoms with Crippen molar-refractivity contribution < 1.29 is 9.13 Å². The van der Waals surface area contributed by atoms with Crippen LogP contribution in [0.4, 0.5) is 4.39 Å². The van der Waals surface area contributed by atoms with Crippen LogP contribution in [-0.2, 0) is 6.42 Å². The van der Waals surface area contributed by atoms with Crippen LogP contribution in [0.15, 0.2) is 29.3 Å². The van der Waals surface area contributed by atoms with Crippen molar-refractivity contribution in [1.82, 2.24) is 13.6 Å². The van der Waals surface area contributed by atoms with Crippen LogP contribution >= 0.6 is 23.5 Å². The van der Waals surface area contributed by atoms with Crippen LogP contribution in [-0.4, -0.2) is 45.1 Å². The summed E-state index contributed by atoms with van der Waals surface area (Å²) in [5.41, 5.74) is 1.17. The van der Waals surface area contributed by atoms with Crippen LogP contribution in [0.3, 0.4) is 0 Å². The molecule has 4 heterocycles. The molecule has 3 saturated heterocycles. The number of fused-ring (bicyclic) bond motifs is 3. The van der Waals surface area contributed by atoms with E-state index in [1.54, 1.807) is 11.8 Å². The van der Waals surface area contributed by atoms with Crippen molar-refractivity contribution in [2.24, 2.45) is 5.92 Å². The highest BCUT2D eigenvalue weighted by Crippen LogP contribution is 2.34. The van der Waals surface area contributed by atoms with Crippen molar-refractivity contribution in [3.8, 4) is 5.88 Å². The van der Waals surface area contributed by atoms with Crippen LogP contribution in [0.1, 0.15) is 24.8 Å². The van der Waals surface area contributed by atoms with Gasteiger partial charge in [0.2, 0.25) is 0 Å². The molecule has 0 saturated carbocycles. The smallest absolute Gasteiger partial charge is 0.260 e. The summed E-state index contributed by atoms with van der Waals surface area (Å²) in [5.74, 6) is 2.17. The summed E-state index contributed by atoms with van der Waals surface area (Å²) in [6.07, 6.45) is 4.71. The Bertz CT molecular complexity index is 686. The molecule has 5 rings (SSSR count). The zero-order chi connectivity index (χ0) is 17.1. The summed E-state index contributed by atoms with van der Waals surface area (Å²) in [5, 5.41) is 0.917. The Labute approximate surface area is 156 Å². The van der Waals surface area contributed by atoms with E-state index in [4.69, 9.17) is 4.74 Å². The number of nitrogens with zero attached hydrogens (tertiary/aromatic N) is 3. The van der Waals surface area contributed by atoms with Crippen LogP contribution in [0.2, 0.25) is 0 Å². The number of hydrogen-bond acceptors (Lipinski definition) is 6. The molecule has 3 fully saturated rings. The lowest BCUT2D eigenvalue weighted by atomic mass is 9.86. The number of aryl methyl sites for hydroxylation is 1. The van der Waals surface area contributed by atoms with E-state index < -0.39 is 0 Å². The highest BCUT2D eigenvalue weighted by molar-refractivity contribution is 7.99. The summed E-state index contributed by atoms with van der Waals surface area (Å²) in [6, 6.07) is 6.75. The van der Waals surface area contributed by atoms with E-state index in [0.29, 0.717) is 5.92 Å². The van der Waals surface area contributed by atoms with E-state index in [2.05, 4.69) is 13.6 Å². The first-order valence-electron chi connectivity index (χ1n) is 8.87. The molecule has 0 radical (unpaired) electrons. The number of hydrogen-bond donors (Lipinski definition) is 0. The van der Waals surface area contributed by atoms with Crippen molar-refractivity contribution in [2.75, 3.05) is 25.4 Å². The lowest BCUT2D eigenvalue weighted by Gasteiger charge is -2.44. The zero-order valence-electron chi connectivity index (χ0n) is 14.1. The molecule has 1 atom stereocenters. The fraction of sp³-hybridized carbons (Fsp3) is 0.556. The monoisotopic (exact) mass is 379 g/mol. The minimum atomic E-state index is -0.179. The highest BCUT2D eigenvalue weighted by Gasteiger charge is 2.36. The summed E-state index contributed by atoms with van der Waals surface area (Å²) in [4.78, 5) is 2.49.